The quantitative estimate of drug-likeness (QED) is 0.717. The molecule has 0 amide bonds. The fourth-order valence-corrected chi connectivity index (χ4v) is 3.80. The summed E-state index contributed by atoms with van der Waals surface area (Å²) in [5, 5.41) is 3.68. The normalized spacial score (nSPS) is 22.7. The largest absolute Gasteiger partial charge is 0.309 e. The van der Waals surface area contributed by atoms with Crippen LogP contribution >= 0.6 is 0 Å². The van der Waals surface area contributed by atoms with Crippen LogP contribution < -0.4 is 5.32 Å². The molecule has 0 aromatic rings. The van der Waals surface area contributed by atoms with Gasteiger partial charge >= 0.3 is 0 Å². The van der Waals surface area contributed by atoms with E-state index in [-0.39, 0.29) is 0 Å². The molecule has 1 N–H and O–H groups in total. The van der Waals surface area contributed by atoms with Crippen molar-refractivity contribution < 1.29 is 0 Å². The molecule has 1 unspecified atom stereocenters. The minimum Gasteiger partial charge on any atom is -0.309 e. The number of hydrogen-bond acceptors (Lipinski definition) is 3. The van der Waals surface area contributed by atoms with Crippen LogP contribution in [0.2, 0.25) is 25.7 Å². The van der Waals surface area contributed by atoms with Gasteiger partial charge in [-0.05, 0) is 46.4 Å². The molecule has 1 heterocycles. The van der Waals surface area contributed by atoms with Crippen molar-refractivity contribution in [3.8, 4) is 0 Å². The van der Waals surface area contributed by atoms with E-state index in [2.05, 4.69) is 48.9 Å². The minimum absolute atomic E-state index is 0.614. The molecule has 4 heteroatoms. The Hall–Kier alpha value is 0.0969. The van der Waals surface area contributed by atoms with Crippen molar-refractivity contribution in [2.24, 2.45) is 0 Å². The van der Waals surface area contributed by atoms with Crippen LogP contribution in [0.3, 0.4) is 0 Å². The molecule has 0 aromatic heterocycles. The maximum atomic E-state index is 3.68. The summed E-state index contributed by atoms with van der Waals surface area (Å²) in [5.74, 6) is 0. The summed E-state index contributed by atoms with van der Waals surface area (Å²) < 4.78 is 0. The van der Waals surface area contributed by atoms with Crippen LogP contribution in [0.4, 0.5) is 0 Å². The molecule has 0 radical (unpaired) electrons. The van der Waals surface area contributed by atoms with Gasteiger partial charge in [0.1, 0.15) is 0 Å². The van der Waals surface area contributed by atoms with Gasteiger partial charge in [-0.1, -0.05) is 25.7 Å². The fraction of sp³-hybridized carbons (Fsp3) is 1.00. The second-order valence-electron chi connectivity index (χ2n) is 7.12. The third-order valence-electron chi connectivity index (χ3n) is 3.66. The van der Waals surface area contributed by atoms with Gasteiger partial charge in [-0.3, -0.25) is 4.90 Å². The highest BCUT2D eigenvalue weighted by Crippen LogP contribution is 2.14. The summed E-state index contributed by atoms with van der Waals surface area (Å²) in [6.07, 6.45) is 4.56. The zero-order valence-electron chi connectivity index (χ0n) is 13.1. The number of rotatable bonds is 7. The predicted molar refractivity (Wildman–Crippen MR) is 83.9 cm³/mol. The first-order chi connectivity index (χ1) is 8.38. The SMILES string of the molecule is CN(C)CCC1NCCCN1CCC[Si](C)(C)C. The van der Waals surface area contributed by atoms with Crippen molar-refractivity contribution >= 4 is 8.07 Å². The van der Waals surface area contributed by atoms with Gasteiger partial charge in [0, 0.05) is 21.2 Å². The Bertz CT molecular complexity index is 226. The Labute approximate surface area is 115 Å². The summed E-state index contributed by atoms with van der Waals surface area (Å²) in [5.41, 5.74) is 0. The first-order valence-electron chi connectivity index (χ1n) is 7.51. The molecule has 0 saturated carbocycles. The molecule has 18 heavy (non-hydrogen) atoms. The van der Waals surface area contributed by atoms with Crippen molar-refractivity contribution in [3.05, 3.63) is 0 Å². The van der Waals surface area contributed by atoms with Gasteiger partial charge < -0.3 is 10.2 Å². The summed E-state index contributed by atoms with van der Waals surface area (Å²) in [6, 6.07) is 1.46. The minimum atomic E-state index is -0.855. The zero-order chi connectivity index (χ0) is 13.6. The smallest absolute Gasteiger partial charge is 0.0609 e. The molecule has 0 aliphatic carbocycles. The monoisotopic (exact) mass is 271 g/mol. The van der Waals surface area contributed by atoms with Crippen LogP contribution in [0.15, 0.2) is 0 Å². The average Bonchev–Trinajstić information content (AvgIpc) is 2.26. The van der Waals surface area contributed by atoms with Crippen molar-refractivity contribution in [2.75, 3.05) is 40.3 Å². The molecule has 1 fully saturated rings. The van der Waals surface area contributed by atoms with Crippen LogP contribution in [-0.2, 0) is 0 Å². The summed E-state index contributed by atoms with van der Waals surface area (Å²) in [4.78, 5) is 4.96. The zero-order valence-corrected chi connectivity index (χ0v) is 14.1. The first kappa shape index (κ1) is 16.2. The fourth-order valence-electron chi connectivity index (χ4n) is 2.58. The summed E-state index contributed by atoms with van der Waals surface area (Å²) in [6.45, 7) is 12.4. The van der Waals surface area contributed by atoms with E-state index in [1.165, 1.54) is 51.5 Å². The average molecular weight is 272 g/mol. The van der Waals surface area contributed by atoms with E-state index in [1.807, 2.05) is 0 Å². The van der Waals surface area contributed by atoms with Crippen LogP contribution in [0, 0.1) is 0 Å². The summed E-state index contributed by atoms with van der Waals surface area (Å²) in [7, 11) is 3.47. The lowest BCUT2D eigenvalue weighted by atomic mass is 10.2. The second-order valence-corrected chi connectivity index (χ2v) is 12.7. The molecule has 1 atom stereocenters. The molecule has 1 saturated heterocycles. The maximum absolute atomic E-state index is 3.68. The molecule has 3 nitrogen and oxygen atoms in total. The van der Waals surface area contributed by atoms with E-state index >= 15 is 0 Å². The van der Waals surface area contributed by atoms with E-state index in [1.54, 1.807) is 0 Å². The first-order valence-corrected chi connectivity index (χ1v) is 11.2. The Morgan fingerprint density at radius 1 is 1.28 bits per heavy atom. The van der Waals surface area contributed by atoms with Crippen molar-refractivity contribution in [2.45, 2.75) is 51.1 Å². The lowest BCUT2D eigenvalue weighted by Gasteiger charge is -2.37. The van der Waals surface area contributed by atoms with Gasteiger partial charge in [-0.25, -0.2) is 0 Å². The van der Waals surface area contributed by atoms with Crippen LogP contribution in [-0.4, -0.2) is 64.3 Å². The Morgan fingerprint density at radius 3 is 2.61 bits per heavy atom. The van der Waals surface area contributed by atoms with Gasteiger partial charge in [0.25, 0.3) is 0 Å². The molecule has 1 aliphatic rings. The van der Waals surface area contributed by atoms with E-state index in [9.17, 15) is 0 Å². The van der Waals surface area contributed by atoms with E-state index in [0.717, 1.165) is 0 Å². The van der Waals surface area contributed by atoms with E-state index in [4.69, 9.17) is 0 Å². The van der Waals surface area contributed by atoms with Crippen molar-refractivity contribution in [1.82, 2.24) is 15.1 Å². The molecular formula is C14H33N3Si. The maximum Gasteiger partial charge on any atom is 0.0609 e. The summed E-state index contributed by atoms with van der Waals surface area (Å²) >= 11 is 0. The number of nitrogens with zero attached hydrogens (tertiary/aromatic N) is 2. The van der Waals surface area contributed by atoms with Gasteiger partial charge in [0.15, 0.2) is 0 Å². The molecule has 0 bridgehead atoms. The van der Waals surface area contributed by atoms with Crippen LogP contribution in [0.25, 0.3) is 0 Å². The highest BCUT2D eigenvalue weighted by atomic mass is 28.3. The van der Waals surface area contributed by atoms with Gasteiger partial charge in [0.05, 0.1) is 6.17 Å². The predicted octanol–water partition coefficient (Wildman–Crippen LogP) is 2.29. The lowest BCUT2D eigenvalue weighted by molar-refractivity contribution is 0.116. The van der Waals surface area contributed by atoms with E-state index in [0.29, 0.717) is 6.17 Å². The number of nitrogens with one attached hydrogen (secondary N) is 1. The highest BCUT2D eigenvalue weighted by molar-refractivity contribution is 6.76. The van der Waals surface area contributed by atoms with Gasteiger partial charge in [-0.2, -0.15) is 0 Å². The van der Waals surface area contributed by atoms with Crippen molar-refractivity contribution in [3.63, 3.8) is 0 Å². The molecule has 1 aliphatic heterocycles. The highest BCUT2D eigenvalue weighted by Gasteiger charge is 2.22. The van der Waals surface area contributed by atoms with Crippen LogP contribution in [0.5, 0.6) is 0 Å². The van der Waals surface area contributed by atoms with E-state index < -0.39 is 8.07 Å². The molecule has 1 rings (SSSR count). The van der Waals surface area contributed by atoms with Crippen LogP contribution in [0.1, 0.15) is 19.3 Å². The topological polar surface area (TPSA) is 18.5 Å². The Morgan fingerprint density at radius 2 is 2.00 bits per heavy atom. The third kappa shape index (κ3) is 6.88. The second kappa shape index (κ2) is 7.63. The third-order valence-corrected chi connectivity index (χ3v) is 5.52. The van der Waals surface area contributed by atoms with Crippen molar-refractivity contribution in [1.29, 1.82) is 0 Å². The van der Waals surface area contributed by atoms with Gasteiger partial charge in [-0.15, -0.1) is 0 Å². The Balaban J connectivity index is 2.30. The lowest BCUT2D eigenvalue weighted by Crippen LogP contribution is -2.52. The molecular weight excluding hydrogens is 238 g/mol. The molecule has 0 spiro atoms. The number of hydrogen-bond donors (Lipinski definition) is 1. The standard InChI is InChI=1S/C14H33N3Si/c1-16(2)12-8-14-15-9-6-10-17(14)11-7-13-18(3,4)5/h14-15H,6-13H2,1-5H3. The Kier molecular flexibility index (Phi) is 6.85. The molecule has 108 valence electrons. The molecule has 0 aromatic carbocycles. The van der Waals surface area contributed by atoms with Gasteiger partial charge in [0.2, 0.25) is 0 Å².